The lowest BCUT2D eigenvalue weighted by Crippen LogP contribution is -2.18. The van der Waals surface area contributed by atoms with E-state index in [1.165, 1.54) is 115 Å². The van der Waals surface area contributed by atoms with Gasteiger partial charge in [-0.3, -0.25) is 0 Å². The van der Waals surface area contributed by atoms with Crippen molar-refractivity contribution in [2.75, 3.05) is 0 Å². The molecule has 28 heavy (non-hydrogen) atoms. The molecule has 0 N–H and O–H groups in total. The van der Waals surface area contributed by atoms with Crippen molar-refractivity contribution >= 4 is 16.3 Å². The standard InChI is InChI=1S/C27H47.Al/c1-4-5-6-7-8-9-10-11-12-13-14-15-16-17-18-19-22-26-23-20-21-24-27(26)25(2)3;/h20-21,23-24H,4-19,22H2,1-3H3;. The fourth-order valence-electron chi connectivity index (χ4n) is 4.23. The average Bonchev–Trinajstić information content (AvgIpc) is 2.67. The summed E-state index contributed by atoms with van der Waals surface area (Å²) in [6.07, 6.45) is 24.3. The Morgan fingerprint density at radius 2 is 1.00 bits per heavy atom. The molecule has 0 nitrogen and oxygen atoms in total. The molecule has 0 unspecified atom stereocenters. The van der Waals surface area contributed by atoms with Crippen LogP contribution in [0.4, 0.5) is 0 Å². The zero-order valence-electron chi connectivity index (χ0n) is 19.4. The van der Waals surface area contributed by atoms with Crippen LogP contribution >= 0.6 is 0 Å². The fourth-order valence-corrected chi connectivity index (χ4v) is 4.51. The second kappa shape index (κ2) is 16.5. The molecule has 1 aromatic rings. The molecule has 2 radical (unpaired) electrons. The molecule has 0 atom stereocenters. The summed E-state index contributed by atoms with van der Waals surface area (Å²) in [5, 5.41) is 0. The van der Waals surface area contributed by atoms with E-state index in [1.54, 1.807) is 5.56 Å². The highest BCUT2D eigenvalue weighted by Gasteiger charge is 2.15. The molecule has 0 aromatic heterocycles. The van der Waals surface area contributed by atoms with Crippen molar-refractivity contribution in [2.24, 2.45) is 0 Å². The van der Waals surface area contributed by atoms with E-state index in [0.29, 0.717) is 0 Å². The molecule has 1 aromatic carbocycles. The van der Waals surface area contributed by atoms with E-state index in [1.807, 2.05) is 0 Å². The molecule has 0 saturated carbocycles. The van der Waals surface area contributed by atoms with Crippen LogP contribution in [-0.4, -0.2) is 16.3 Å². The molecule has 0 heterocycles. The molecule has 0 fully saturated rings. The monoisotopic (exact) mass is 398 g/mol. The van der Waals surface area contributed by atoms with Crippen molar-refractivity contribution < 1.29 is 0 Å². The minimum atomic E-state index is 0.186. The molecule has 0 bridgehead atoms. The summed E-state index contributed by atoms with van der Waals surface area (Å²) in [6, 6.07) is 9.00. The lowest BCUT2D eigenvalue weighted by molar-refractivity contribution is 0.529. The van der Waals surface area contributed by atoms with E-state index in [-0.39, 0.29) is 4.28 Å². The van der Waals surface area contributed by atoms with Gasteiger partial charge >= 0.3 is 0 Å². The van der Waals surface area contributed by atoms with Crippen LogP contribution in [0.25, 0.3) is 0 Å². The van der Waals surface area contributed by atoms with Crippen molar-refractivity contribution in [3.63, 3.8) is 0 Å². The van der Waals surface area contributed by atoms with E-state index < -0.39 is 0 Å². The molecule has 1 heteroatoms. The van der Waals surface area contributed by atoms with Gasteiger partial charge in [0, 0.05) is 0 Å². The van der Waals surface area contributed by atoms with Gasteiger partial charge in [0.25, 0.3) is 0 Å². The zero-order chi connectivity index (χ0) is 20.5. The van der Waals surface area contributed by atoms with Gasteiger partial charge < -0.3 is 0 Å². The van der Waals surface area contributed by atoms with Crippen LogP contribution in [0.3, 0.4) is 0 Å². The van der Waals surface area contributed by atoms with Crippen LogP contribution in [0.2, 0.25) is 0 Å². The number of benzene rings is 1. The number of hydrogen-bond acceptors (Lipinski definition) is 0. The molecular weight excluding hydrogens is 351 g/mol. The summed E-state index contributed by atoms with van der Waals surface area (Å²) in [5.41, 5.74) is 3.05. The maximum atomic E-state index is 3.00. The molecule has 158 valence electrons. The summed E-state index contributed by atoms with van der Waals surface area (Å²) in [5.74, 6) is 0. The first-order chi connectivity index (χ1) is 13.6. The van der Waals surface area contributed by atoms with Crippen molar-refractivity contribution in [3.8, 4) is 0 Å². The van der Waals surface area contributed by atoms with Gasteiger partial charge in [0.05, 0.1) is 0 Å². The molecule has 0 spiro atoms. The molecule has 0 aliphatic heterocycles. The zero-order valence-corrected chi connectivity index (χ0v) is 20.6. The van der Waals surface area contributed by atoms with E-state index >= 15 is 0 Å². The Morgan fingerprint density at radius 3 is 1.43 bits per heavy atom. The third-order valence-electron chi connectivity index (χ3n) is 6.01. The fraction of sp³-hybridized carbons (Fsp3) is 0.778. The van der Waals surface area contributed by atoms with E-state index in [4.69, 9.17) is 0 Å². The number of rotatable bonds is 18. The van der Waals surface area contributed by atoms with Crippen LogP contribution in [0.1, 0.15) is 135 Å². The van der Waals surface area contributed by atoms with Gasteiger partial charge in [-0.05, 0) is 18.4 Å². The van der Waals surface area contributed by atoms with Crippen molar-refractivity contribution in [1.29, 1.82) is 0 Å². The molecular formula is C27H47Al. The maximum absolute atomic E-state index is 3.00. The largest absolute Gasteiger partial charge is 0.136 e. The maximum Gasteiger partial charge on any atom is 0.136 e. The minimum absolute atomic E-state index is 0.186. The van der Waals surface area contributed by atoms with Crippen molar-refractivity contribution in [3.05, 3.63) is 35.4 Å². The number of hydrogen-bond donors (Lipinski definition) is 0. The molecule has 0 saturated heterocycles. The lowest BCUT2D eigenvalue weighted by atomic mass is 9.92. The quantitative estimate of drug-likeness (QED) is 0.171. The molecule has 0 aliphatic carbocycles. The third kappa shape index (κ3) is 13.1. The normalized spacial score (nSPS) is 11.8. The predicted octanol–water partition coefficient (Wildman–Crippen LogP) is 8.89. The van der Waals surface area contributed by atoms with E-state index in [2.05, 4.69) is 61.3 Å². The summed E-state index contributed by atoms with van der Waals surface area (Å²) in [7, 11) is 0. The summed E-state index contributed by atoms with van der Waals surface area (Å²) in [4.78, 5) is 0. The van der Waals surface area contributed by atoms with Crippen LogP contribution in [-0.2, 0) is 10.7 Å². The second-order valence-electron chi connectivity index (χ2n) is 9.43. The lowest BCUT2D eigenvalue weighted by Gasteiger charge is -2.24. The Labute approximate surface area is 185 Å². The summed E-state index contributed by atoms with van der Waals surface area (Å²) >= 11 is 3.00. The van der Waals surface area contributed by atoms with Crippen LogP contribution in [0.5, 0.6) is 0 Å². The first-order valence-electron chi connectivity index (χ1n) is 12.4. The highest BCUT2D eigenvalue weighted by molar-refractivity contribution is 6.15. The molecule has 1 rings (SSSR count). The van der Waals surface area contributed by atoms with Gasteiger partial charge in [-0.25, -0.2) is 0 Å². The first kappa shape index (κ1) is 25.8. The Bertz CT molecular complexity index is 471. The van der Waals surface area contributed by atoms with Crippen LogP contribution in [0.15, 0.2) is 24.3 Å². The Balaban J connectivity index is 1.90. The van der Waals surface area contributed by atoms with Crippen molar-refractivity contribution in [2.45, 2.75) is 134 Å². The topological polar surface area (TPSA) is 0 Å². The smallest absolute Gasteiger partial charge is 0.0786 e. The number of aryl methyl sites for hydroxylation is 1. The highest BCUT2D eigenvalue weighted by Crippen LogP contribution is 2.24. The summed E-state index contributed by atoms with van der Waals surface area (Å²) in [6.45, 7) is 6.89. The van der Waals surface area contributed by atoms with Crippen LogP contribution < -0.4 is 0 Å². The summed E-state index contributed by atoms with van der Waals surface area (Å²) < 4.78 is 0.186. The SMILES string of the molecule is CCCCCCCCCCCCCCCCCCc1ccccc1[C](C)(C)[Al]. The highest BCUT2D eigenvalue weighted by atomic mass is 27.0. The second-order valence-corrected chi connectivity index (χ2v) is 10.9. The van der Waals surface area contributed by atoms with Gasteiger partial charge in [0.2, 0.25) is 0 Å². The Morgan fingerprint density at radius 1 is 0.607 bits per heavy atom. The Kier molecular flexibility index (Phi) is 15.2. The van der Waals surface area contributed by atoms with Gasteiger partial charge in [0.1, 0.15) is 16.3 Å². The van der Waals surface area contributed by atoms with E-state index in [0.717, 1.165) is 0 Å². The van der Waals surface area contributed by atoms with E-state index in [9.17, 15) is 0 Å². The predicted molar refractivity (Wildman–Crippen MR) is 128 cm³/mol. The van der Waals surface area contributed by atoms with Gasteiger partial charge in [-0.1, -0.05) is 151 Å². The average molecular weight is 399 g/mol. The van der Waals surface area contributed by atoms with Crippen LogP contribution in [0, 0.1) is 0 Å². The first-order valence-corrected chi connectivity index (χ1v) is 13.0. The van der Waals surface area contributed by atoms with Gasteiger partial charge in [0.15, 0.2) is 0 Å². The number of unbranched alkanes of at least 4 members (excludes halogenated alkanes) is 15. The van der Waals surface area contributed by atoms with Gasteiger partial charge in [-0.2, -0.15) is 0 Å². The molecule has 0 aliphatic rings. The third-order valence-corrected chi connectivity index (χ3v) is 6.32. The van der Waals surface area contributed by atoms with Crippen molar-refractivity contribution in [1.82, 2.24) is 0 Å². The Hall–Kier alpha value is -0.248. The van der Waals surface area contributed by atoms with Gasteiger partial charge in [-0.15, -0.1) is 0 Å². The molecule has 0 amide bonds. The minimum Gasteiger partial charge on any atom is -0.0786 e.